The smallest absolute Gasteiger partial charge is 0.144 e. The molecule has 0 N–H and O–H groups in total. The number of nitrogens with zero attached hydrogens (tertiary/aromatic N) is 2. The molecular formula is C13H13Cl2FN2O2. The molecule has 108 valence electrons. The molecule has 1 fully saturated rings. The summed E-state index contributed by atoms with van der Waals surface area (Å²) in [5.74, 6) is 0.432. The van der Waals surface area contributed by atoms with E-state index in [1.54, 1.807) is 0 Å². The van der Waals surface area contributed by atoms with E-state index in [1.807, 2.05) is 4.57 Å². The number of rotatable bonds is 3. The molecule has 1 saturated heterocycles. The van der Waals surface area contributed by atoms with Crippen LogP contribution in [0.25, 0.3) is 11.0 Å². The number of aromatic nitrogens is 2. The third-order valence-electron chi connectivity index (χ3n) is 3.26. The van der Waals surface area contributed by atoms with Crippen LogP contribution in [0.15, 0.2) is 12.1 Å². The Labute approximate surface area is 125 Å². The fourth-order valence-corrected chi connectivity index (χ4v) is 2.68. The lowest BCUT2D eigenvalue weighted by atomic mass is 10.3. The molecule has 0 bridgehead atoms. The third kappa shape index (κ3) is 2.63. The second-order valence-corrected chi connectivity index (χ2v) is 5.27. The summed E-state index contributed by atoms with van der Waals surface area (Å²) in [6.07, 6.45) is -0.0816. The second kappa shape index (κ2) is 5.85. The van der Waals surface area contributed by atoms with Crippen LogP contribution in [0.5, 0.6) is 0 Å². The molecule has 2 aromatic rings. The summed E-state index contributed by atoms with van der Waals surface area (Å²) in [6, 6.07) is 2.89. The van der Waals surface area contributed by atoms with Crippen LogP contribution in [-0.4, -0.2) is 35.5 Å². The molecule has 4 nitrogen and oxygen atoms in total. The number of ether oxygens (including phenoxy) is 2. The maximum absolute atomic E-state index is 13.7. The van der Waals surface area contributed by atoms with Gasteiger partial charge < -0.3 is 14.0 Å². The van der Waals surface area contributed by atoms with Crippen molar-refractivity contribution in [2.75, 3.05) is 19.8 Å². The number of benzene rings is 1. The first-order valence-electron chi connectivity index (χ1n) is 6.28. The van der Waals surface area contributed by atoms with Gasteiger partial charge in [-0.2, -0.15) is 0 Å². The molecule has 1 aliphatic rings. The molecule has 1 atom stereocenters. The zero-order valence-electron chi connectivity index (χ0n) is 10.6. The summed E-state index contributed by atoms with van der Waals surface area (Å²) in [4.78, 5) is 4.38. The highest BCUT2D eigenvalue weighted by Crippen LogP contribution is 2.25. The SMILES string of the molecule is Fc1cc2c(cc1Cl)nc(CCl)n2CC1COCCO1. The Balaban J connectivity index is 2.00. The van der Waals surface area contributed by atoms with E-state index in [-0.39, 0.29) is 17.0 Å². The van der Waals surface area contributed by atoms with Gasteiger partial charge in [0.15, 0.2) is 0 Å². The van der Waals surface area contributed by atoms with E-state index in [0.29, 0.717) is 43.2 Å². The number of imidazole rings is 1. The second-order valence-electron chi connectivity index (χ2n) is 4.60. The Hall–Kier alpha value is -0.880. The maximum Gasteiger partial charge on any atom is 0.144 e. The fourth-order valence-electron chi connectivity index (χ4n) is 2.32. The van der Waals surface area contributed by atoms with E-state index in [4.69, 9.17) is 32.7 Å². The van der Waals surface area contributed by atoms with Gasteiger partial charge in [0.25, 0.3) is 0 Å². The van der Waals surface area contributed by atoms with E-state index in [9.17, 15) is 4.39 Å². The zero-order chi connectivity index (χ0) is 14.1. The molecular weight excluding hydrogens is 306 g/mol. The van der Waals surface area contributed by atoms with Crippen molar-refractivity contribution in [3.8, 4) is 0 Å². The number of hydrogen-bond donors (Lipinski definition) is 0. The summed E-state index contributed by atoms with van der Waals surface area (Å²) in [6.45, 7) is 2.21. The predicted octanol–water partition coefficient (Wildman–Crippen LogP) is 2.98. The molecule has 2 heterocycles. The van der Waals surface area contributed by atoms with Crippen LogP contribution in [-0.2, 0) is 21.9 Å². The van der Waals surface area contributed by atoms with Crippen LogP contribution in [0.1, 0.15) is 5.82 Å². The topological polar surface area (TPSA) is 36.3 Å². The normalized spacial score (nSPS) is 19.6. The van der Waals surface area contributed by atoms with Crippen LogP contribution in [0.2, 0.25) is 5.02 Å². The van der Waals surface area contributed by atoms with Crippen LogP contribution < -0.4 is 0 Å². The van der Waals surface area contributed by atoms with Gasteiger partial charge in [-0.15, -0.1) is 11.6 Å². The monoisotopic (exact) mass is 318 g/mol. The van der Waals surface area contributed by atoms with Gasteiger partial charge in [0, 0.05) is 6.07 Å². The number of alkyl halides is 1. The molecule has 0 aliphatic carbocycles. The summed E-state index contributed by atoms with van der Waals surface area (Å²) < 4.78 is 26.5. The van der Waals surface area contributed by atoms with Gasteiger partial charge in [0.1, 0.15) is 11.6 Å². The molecule has 1 aromatic carbocycles. The molecule has 0 radical (unpaired) electrons. The predicted molar refractivity (Wildman–Crippen MR) is 74.8 cm³/mol. The number of fused-ring (bicyclic) bond motifs is 1. The Bertz CT molecular complexity index is 626. The highest BCUT2D eigenvalue weighted by atomic mass is 35.5. The molecule has 0 spiro atoms. The van der Waals surface area contributed by atoms with E-state index >= 15 is 0 Å². The minimum absolute atomic E-state index is 0.0560. The molecule has 20 heavy (non-hydrogen) atoms. The van der Waals surface area contributed by atoms with E-state index in [2.05, 4.69) is 4.98 Å². The summed E-state index contributed by atoms with van der Waals surface area (Å²) in [7, 11) is 0. The van der Waals surface area contributed by atoms with Crippen LogP contribution in [0, 0.1) is 5.82 Å². The molecule has 1 unspecified atom stereocenters. The molecule has 0 saturated carbocycles. The van der Waals surface area contributed by atoms with E-state index in [1.165, 1.54) is 12.1 Å². The Kier molecular flexibility index (Phi) is 4.12. The van der Waals surface area contributed by atoms with E-state index < -0.39 is 5.82 Å². The third-order valence-corrected chi connectivity index (χ3v) is 3.79. The van der Waals surface area contributed by atoms with Gasteiger partial charge in [-0.1, -0.05) is 11.6 Å². The average Bonchev–Trinajstić information content (AvgIpc) is 2.78. The highest BCUT2D eigenvalue weighted by molar-refractivity contribution is 6.31. The van der Waals surface area contributed by atoms with Gasteiger partial charge in [-0.25, -0.2) is 9.37 Å². The zero-order valence-corrected chi connectivity index (χ0v) is 12.1. The number of hydrogen-bond acceptors (Lipinski definition) is 3. The minimum Gasteiger partial charge on any atom is -0.376 e. The molecule has 1 aliphatic heterocycles. The van der Waals surface area contributed by atoms with E-state index in [0.717, 1.165) is 0 Å². The summed E-state index contributed by atoms with van der Waals surface area (Å²) in [5.41, 5.74) is 1.29. The Morgan fingerprint density at radius 2 is 2.25 bits per heavy atom. The van der Waals surface area contributed by atoms with Gasteiger partial charge in [0.05, 0.1) is 54.4 Å². The van der Waals surface area contributed by atoms with Crippen LogP contribution in [0.3, 0.4) is 0 Å². The van der Waals surface area contributed by atoms with Gasteiger partial charge in [0.2, 0.25) is 0 Å². The van der Waals surface area contributed by atoms with Crippen molar-refractivity contribution in [3.05, 3.63) is 28.8 Å². The van der Waals surface area contributed by atoms with Crippen LogP contribution >= 0.6 is 23.2 Å². The van der Waals surface area contributed by atoms with Crippen molar-refractivity contribution in [1.82, 2.24) is 9.55 Å². The summed E-state index contributed by atoms with van der Waals surface area (Å²) >= 11 is 11.7. The quantitative estimate of drug-likeness (QED) is 0.816. The van der Waals surface area contributed by atoms with Crippen molar-refractivity contribution in [2.24, 2.45) is 0 Å². The molecule has 7 heteroatoms. The van der Waals surface area contributed by atoms with Crippen molar-refractivity contribution < 1.29 is 13.9 Å². The first-order valence-corrected chi connectivity index (χ1v) is 7.19. The van der Waals surface area contributed by atoms with Gasteiger partial charge in [-0.3, -0.25) is 0 Å². The standard InChI is InChI=1S/C13H13Cl2FN2O2/c14-5-13-17-11-3-9(15)10(16)4-12(11)18(13)6-8-7-19-1-2-20-8/h3-4,8H,1-2,5-7H2. The van der Waals surface area contributed by atoms with Crippen molar-refractivity contribution in [2.45, 2.75) is 18.5 Å². The maximum atomic E-state index is 13.7. The Morgan fingerprint density at radius 3 is 2.95 bits per heavy atom. The first kappa shape index (κ1) is 14.1. The van der Waals surface area contributed by atoms with Crippen molar-refractivity contribution in [3.63, 3.8) is 0 Å². The fraction of sp³-hybridized carbons (Fsp3) is 0.462. The Morgan fingerprint density at radius 1 is 1.40 bits per heavy atom. The van der Waals surface area contributed by atoms with Crippen LogP contribution in [0.4, 0.5) is 4.39 Å². The first-order chi connectivity index (χ1) is 9.69. The number of halogens is 3. The average molecular weight is 319 g/mol. The highest BCUT2D eigenvalue weighted by Gasteiger charge is 2.19. The van der Waals surface area contributed by atoms with Gasteiger partial charge >= 0.3 is 0 Å². The summed E-state index contributed by atoms with van der Waals surface area (Å²) in [5, 5.41) is 0.0560. The molecule has 1 aromatic heterocycles. The van der Waals surface area contributed by atoms with Crippen molar-refractivity contribution >= 4 is 34.2 Å². The van der Waals surface area contributed by atoms with Crippen molar-refractivity contribution in [1.29, 1.82) is 0 Å². The largest absolute Gasteiger partial charge is 0.376 e. The lowest BCUT2D eigenvalue weighted by molar-refractivity contribution is -0.0934. The van der Waals surface area contributed by atoms with Gasteiger partial charge in [-0.05, 0) is 6.07 Å². The molecule has 3 rings (SSSR count). The minimum atomic E-state index is -0.470. The molecule has 0 amide bonds. The lowest BCUT2D eigenvalue weighted by Crippen LogP contribution is -2.32. The lowest BCUT2D eigenvalue weighted by Gasteiger charge is -2.24.